The second-order valence-corrected chi connectivity index (χ2v) is 8.68. The van der Waals surface area contributed by atoms with Crippen LogP contribution in [0.2, 0.25) is 0 Å². The smallest absolute Gasteiger partial charge is 0.243 e. The van der Waals surface area contributed by atoms with Gasteiger partial charge in [-0.1, -0.05) is 68.4 Å². The molecule has 2 amide bonds. The molecule has 1 fully saturated rings. The second-order valence-electron chi connectivity index (χ2n) is 8.68. The van der Waals surface area contributed by atoms with Crippen molar-refractivity contribution in [3.05, 3.63) is 83.4 Å². The second kappa shape index (κ2) is 9.94. The van der Waals surface area contributed by atoms with E-state index in [4.69, 9.17) is 0 Å². The van der Waals surface area contributed by atoms with Crippen molar-refractivity contribution in [2.45, 2.75) is 50.9 Å². The van der Waals surface area contributed by atoms with Crippen molar-refractivity contribution in [2.75, 3.05) is 6.54 Å². The number of nitrogens with zero attached hydrogens (tertiary/aromatic N) is 3. The van der Waals surface area contributed by atoms with Crippen LogP contribution in [0, 0.1) is 0 Å². The summed E-state index contributed by atoms with van der Waals surface area (Å²) in [5.74, 6) is 0.0500. The molecule has 2 heterocycles. The van der Waals surface area contributed by atoms with Crippen LogP contribution >= 0.6 is 0 Å². The zero-order valence-corrected chi connectivity index (χ0v) is 18.7. The summed E-state index contributed by atoms with van der Waals surface area (Å²) < 4.78 is 14.3. The van der Waals surface area contributed by atoms with E-state index < -0.39 is 18.3 Å². The zero-order chi connectivity index (χ0) is 23.4. The SMILES string of the molecule is CC(C)c1ccc([C@@H](NC(=O)[C@@H]2C[C@@H](F)CN2C(=O)Cc2ncn[nH]2)c2ccccc2)cc1. The number of carbonyl (C=O) groups is 2. The minimum absolute atomic E-state index is 0.0260. The lowest BCUT2D eigenvalue weighted by atomic mass is 9.95. The molecule has 0 saturated carbocycles. The Morgan fingerprint density at radius 1 is 1.09 bits per heavy atom. The molecule has 8 heteroatoms. The highest BCUT2D eigenvalue weighted by atomic mass is 19.1. The van der Waals surface area contributed by atoms with E-state index in [1.54, 1.807) is 0 Å². The number of amides is 2. The molecule has 1 aliphatic heterocycles. The normalized spacial score (nSPS) is 19.0. The number of alkyl halides is 1. The van der Waals surface area contributed by atoms with Crippen molar-refractivity contribution in [1.82, 2.24) is 25.4 Å². The first-order valence-corrected chi connectivity index (χ1v) is 11.2. The summed E-state index contributed by atoms with van der Waals surface area (Å²) in [4.78, 5) is 31.4. The maximum absolute atomic E-state index is 14.3. The number of nitrogens with one attached hydrogen (secondary N) is 2. The van der Waals surface area contributed by atoms with E-state index in [1.165, 1.54) is 16.8 Å². The van der Waals surface area contributed by atoms with Gasteiger partial charge in [0.1, 0.15) is 24.4 Å². The summed E-state index contributed by atoms with van der Waals surface area (Å²) in [5.41, 5.74) is 3.04. The van der Waals surface area contributed by atoms with E-state index in [0.29, 0.717) is 11.7 Å². The van der Waals surface area contributed by atoms with Gasteiger partial charge in [-0.15, -0.1) is 0 Å². The van der Waals surface area contributed by atoms with Crippen molar-refractivity contribution in [2.24, 2.45) is 0 Å². The number of hydrogen-bond donors (Lipinski definition) is 2. The van der Waals surface area contributed by atoms with Gasteiger partial charge in [-0.2, -0.15) is 5.10 Å². The van der Waals surface area contributed by atoms with E-state index in [2.05, 4.69) is 46.5 Å². The number of likely N-dealkylation sites (tertiary alicyclic amines) is 1. The van der Waals surface area contributed by atoms with Crippen molar-refractivity contribution in [3.8, 4) is 0 Å². The van der Waals surface area contributed by atoms with Gasteiger partial charge in [0.15, 0.2) is 0 Å². The van der Waals surface area contributed by atoms with Crippen LogP contribution in [-0.4, -0.2) is 50.7 Å². The number of aromatic amines is 1. The van der Waals surface area contributed by atoms with Crippen molar-refractivity contribution in [3.63, 3.8) is 0 Å². The molecular formula is C25H28FN5O2. The topological polar surface area (TPSA) is 91.0 Å². The number of benzene rings is 2. The van der Waals surface area contributed by atoms with Gasteiger partial charge in [-0.3, -0.25) is 14.7 Å². The minimum Gasteiger partial charge on any atom is -0.343 e. The lowest BCUT2D eigenvalue weighted by Gasteiger charge is -2.27. The molecule has 2 N–H and O–H groups in total. The first kappa shape index (κ1) is 22.6. The van der Waals surface area contributed by atoms with Crippen molar-refractivity contribution < 1.29 is 14.0 Å². The summed E-state index contributed by atoms with van der Waals surface area (Å²) in [6.07, 6.45) is -0.0270. The van der Waals surface area contributed by atoms with Crippen LogP contribution in [0.1, 0.15) is 54.7 Å². The Hall–Kier alpha value is -3.55. The number of hydrogen-bond acceptors (Lipinski definition) is 4. The lowest BCUT2D eigenvalue weighted by Crippen LogP contribution is -2.47. The molecule has 1 aromatic heterocycles. The maximum Gasteiger partial charge on any atom is 0.243 e. The molecule has 3 atom stereocenters. The molecule has 4 rings (SSSR count). The van der Waals surface area contributed by atoms with Crippen LogP contribution in [0.15, 0.2) is 60.9 Å². The van der Waals surface area contributed by atoms with Crippen molar-refractivity contribution in [1.29, 1.82) is 0 Å². The fourth-order valence-electron chi connectivity index (χ4n) is 4.19. The van der Waals surface area contributed by atoms with E-state index in [0.717, 1.165) is 11.1 Å². The molecule has 0 bridgehead atoms. The molecule has 0 aliphatic carbocycles. The molecule has 33 heavy (non-hydrogen) atoms. The molecule has 3 aromatic rings. The fraction of sp³-hybridized carbons (Fsp3) is 0.360. The van der Waals surface area contributed by atoms with Gasteiger partial charge in [-0.05, 0) is 22.6 Å². The van der Waals surface area contributed by atoms with Gasteiger partial charge in [-0.25, -0.2) is 9.37 Å². The molecule has 172 valence electrons. The van der Waals surface area contributed by atoms with Crippen LogP contribution in [0.4, 0.5) is 4.39 Å². The van der Waals surface area contributed by atoms with E-state index >= 15 is 0 Å². The minimum atomic E-state index is -1.25. The lowest BCUT2D eigenvalue weighted by molar-refractivity contribution is -0.138. The predicted octanol–water partition coefficient (Wildman–Crippen LogP) is 3.32. The Balaban J connectivity index is 1.56. The third kappa shape index (κ3) is 5.27. The monoisotopic (exact) mass is 449 g/mol. The van der Waals surface area contributed by atoms with Crippen LogP contribution < -0.4 is 5.32 Å². The average Bonchev–Trinajstić information content (AvgIpc) is 3.47. The maximum atomic E-state index is 14.3. The highest BCUT2D eigenvalue weighted by molar-refractivity contribution is 5.89. The first-order chi connectivity index (χ1) is 15.9. The highest BCUT2D eigenvalue weighted by Gasteiger charge is 2.40. The van der Waals surface area contributed by atoms with Crippen molar-refractivity contribution >= 4 is 11.8 Å². The zero-order valence-electron chi connectivity index (χ0n) is 18.7. The number of H-pyrrole nitrogens is 1. The average molecular weight is 450 g/mol. The van der Waals surface area contributed by atoms with Gasteiger partial charge < -0.3 is 10.2 Å². The molecule has 2 aromatic carbocycles. The van der Waals surface area contributed by atoms with E-state index in [1.807, 2.05) is 42.5 Å². The van der Waals surface area contributed by atoms with E-state index in [-0.39, 0.29) is 31.2 Å². The number of halogens is 1. The molecule has 1 saturated heterocycles. The Morgan fingerprint density at radius 3 is 2.39 bits per heavy atom. The van der Waals surface area contributed by atoms with E-state index in [9.17, 15) is 14.0 Å². The van der Waals surface area contributed by atoms with Crippen LogP contribution in [0.25, 0.3) is 0 Å². The Labute approximate surface area is 192 Å². The first-order valence-electron chi connectivity index (χ1n) is 11.2. The van der Waals surface area contributed by atoms with Gasteiger partial charge in [0.05, 0.1) is 19.0 Å². The Bertz CT molecular complexity index is 1070. The summed E-state index contributed by atoms with van der Waals surface area (Å²) in [7, 11) is 0. The van der Waals surface area contributed by atoms with Gasteiger partial charge in [0.25, 0.3) is 0 Å². The molecule has 0 radical (unpaired) electrons. The number of aromatic nitrogens is 3. The Kier molecular flexibility index (Phi) is 6.82. The third-order valence-electron chi connectivity index (χ3n) is 6.01. The number of carbonyl (C=O) groups excluding carboxylic acids is 2. The Morgan fingerprint density at radius 2 is 1.76 bits per heavy atom. The van der Waals surface area contributed by atoms with Gasteiger partial charge in [0.2, 0.25) is 11.8 Å². The summed E-state index contributed by atoms with van der Waals surface area (Å²) >= 11 is 0. The fourth-order valence-corrected chi connectivity index (χ4v) is 4.19. The number of rotatable bonds is 7. The largest absolute Gasteiger partial charge is 0.343 e. The standard InChI is InChI=1S/C25H28FN5O2/c1-16(2)17-8-10-19(11-9-17)24(18-6-4-3-5-7-18)29-25(33)21-12-20(26)14-31(21)23(32)13-22-27-15-28-30-22/h3-11,15-16,20-21,24H,12-14H2,1-2H3,(H,29,33)(H,27,28,30)/t20-,21+,24+/m1/s1. The summed E-state index contributed by atoms with van der Waals surface area (Å²) in [6, 6.07) is 16.5. The summed E-state index contributed by atoms with van der Waals surface area (Å²) in [6.45, 7) is 4.15. The van der Waals surface area contributed by atoms with Gasteiger partial charge in [0, 0.05) is 6.42 Å². The summed E-state index contributed by atoms with van der Waals surface area (Å²) in [5, 5.41) is 9.43. The molecule has 0 spiro atoms. The predicted molar refractivity (Wildman–Crippen MR) is 122 cm³/mol. The van der Waals surface area contributed by atoms with Crippen LogP contribution in [-0.2, 0) is 16.0 Å². The van der Waals surface area contributed by atoms with Gasteiger partial charge >= 0.3 is 0 Å². The highest BCUT2D eigenvalue weighted by Crippen LogP contribution is 2.27. The quantitative estimate of drug-likeness (QED) is 0.579. The van der Waals surface area contributed by atoms with Crippen LogP contribution in [0.3, 0.4) is 0 Å². The molecule has 0 unspecified atom stereocenters. The third-order valence-corrected chi connectivity index (χ3v) is 6.01. The molecule has 7 nitrogen and oxygen atoms in total. The molecule has 1 aliphatic rings. The van der Waals surface area contributed by atoms with Crippen LogP contribution in [0.5, 0.6) is 0 Å². The molecular weight excluding hydrogens is 421 g/mol.